The Balaban J connectivity index is 1.62. The summed E-state index contributed by atoms with van der Waals surface area (Å²) >= 11 is 0. The maximum atomic E-state index is 13.2. The lowest BCUT2D eigenvalue weighted by molar-refractivity contribution is -0.143. The number of aromatic nitrogens is 4. The Morgan fingerprint density at radius 1 is 1.12 bits per heavy atom. The summed E-state index contributed by atoms with van der Waals surface area (Å²) in [5.41, 5.74) is 8.88. The molecular formula is C25H25F6N7O2. The Kier molecular flexibility index (Phi) is 7.86. The van der Waals surface area contributed by atoms with Crippen molar-refractivity contribution in [2.45, 2.75) is 50.9 Å². The first kappa shape index (κ1) is 29.0. The van der Waals surface area contributed by atoms with Crippen LogP contribution < -0.4 is 11.5 Å². The van der Waals surface area contributed by atoms with Crippen molar-refractivity contribution >= 4 is 11.7 Å². The Bertz CT molecular complexity index is 1420. The van der Waals surface area contributed by atoms with E-state index < -0.39 is 42.2 Å². The first-order chi connectivity index (χ1) is 18.7. The molecule has 5 N–H and O–H groups in total. The van der Waals surface area contributed by atoms with Crippen LogP contribution in [0.25, 0.3) is 11.3 Å². The molecule has 1 saturated heterocycles. The minimum absolute atomic E-state index is 0.00953. The van der Waals surface area contributed by atoms with Crippen molar-refractivity contribution in [3.8, 4) is 23.1 Å². The molecule has 214 valence electrons. The molecule has 0 bridgehead atoms. The van der Waals surface area contributed by atoms with Crippen molar-refractivity contribution in [2.24, 2.45) is 5.73 Å². The number of piperidine rings is 1. The van der Waals surface area contributed by atoms with E-state index >= 15 is 0 Å². The van der Waals surface area contributed by atoms with Gasteiger partial charge in [-0.2, -0.15) is 36.5 Å². The van der Waals surface area contributed by atoms with E-state index in [4.69, 9.17) is 11.5 Å². The van der Waals surface area contributed by atoms with E-state index in [0.717, 1.165) is 4.68 Å². The summed E-state index contributed by atoms with van der Waals surface area (Å²) in [6.07, 6.45) is -7.22. The Hall–Kier alpha value is -4.03. The van der Waals surface area contributed by atoms with Gasteiger partial charge in [0, 0.05) is 24.8 Å². The molecule has 1 atom stereocenters. The number of anilines is 1. The van der Waals surface area contributed by atoms with E-state index in [-0.39, 0.29) is 40.3 Å². The van der Waals surface area contributed by atoms with E-state index in [1.54, 1.807) is 11.8 Å². The Morgan fingerprint density at radius 2 is 1.73 bits per heavy atom. The molecule has 9 nitrogen and oxygen atoms in total. The van der Waals surface area contributed by atoms with Gasteiger partial charge in [-0.1, -0.05) is 5.92 Å². The molecule has 0 aliphatic carbocycles. The summed E-state index contributed by atoms with van der Waals surface area (Å²) in [6.45, 7) is 2.16. The van der Waals surface area contributed by atoms with E-state index in [0.29, 0.717) is 38.1 Å². The van der Waals surface area contributed by atoms with E-state index in [1.165, 1.54) is 17.1 Å². The Labute approximate surface area is 224 Å². The minimum atomic E-state index is -4.98. The number of hydrogen-bond acceptors (Lipinski definition) is 6. The predicted octanol–water partition coefficient (Wildman–Crippen LogP) is 3.49. The molecule has 1 unspecified atom stereocenters. The highest BCUT2D eigenvalue weighted by Gasteiger charge is 2.37. The minimum Gasteiger partial charge on any atom is -0.383 e. The fraction of sp³-hybridized carbons (Fsp3) is 0.400. The number of aliphatic hydroxyl groups is 1. The number of amides is 1. The standard InChI is InChI=1S/C25H25F6N7O2/c1-2-3-19(39)36-6-4-18(5-7-36)38-22(32)20(23(33)40)21(35-38)15-11-34-37(13-15)12-14-8-16(24(26,27)28)10-17(9-14)25(29,30)31/h8-11,13,18-19,39H,4-7,12,32H2,1H3,(H2,33,40). The molecule has 4 rings (SSSR count). The van der Waals surface area contributed by atoms with Gasteiger partial charge in [-0.25, -0.2) is 4.68 Å². The van der Waals surface area contributed by atoms with Crippen molar-refractivity contribution in [1.29, 1.82) is 0 Å². The van der Waals surface area contributed by atoms with Crippen LogP contribution in [0.2, 0.25) is 0 Å². The van der Waals surface area contributed by atoms with Crippen molar-refractivity contribution in [3.05, 3.63) is 52.8 Å². The van der Waals surface area contributed by atoms with E-state index in [2.05, 4.69) is 22.0 Å². The molecule has 15 heteroatoms. The highest BCUT2D eigenvalue weighted by Crippen LogP contribution is 2.37. The van der Waals surface area contributed by atoms with Gasteiger partial charge in [0.15, 0.2) is 6.23 Å². The quantitative estimate of drug-likeness (QED) is 0.308. The van der Waals surface area contributed by atoms with Crippen LogP contribution in [-0.4, -0.2) is 54.8 Å². The average Bonchev–Trinajstić information content (AvgIpc) is 3.47. The molecule has 0 spiro atoms. The summed E-state index contributed by atoms with van der Waals surface area (Å²) in [5.74, 6) is 4.47. The third-order valence-corrected chi connectivity index (χ3v) is 6.56. The number of nitrogens with two attached hydrogens (primary N) is 2. The predicted molar refractivity (Wildman–Crippen MR) is 131 cm³/mol. The number of primary amides is 1. The van der Waals surface area contributed by atoms with E-state index in [9.17, 15) is 36.2 Å². The molecule has 1 aliphatic rings. The van der Waals surface area contributed by atoms with Gasteiger partial charge in [-0.3, -0.25) is 14.4 Å². The molecule has 1 aromatic carbocycles. The molecule has 0 radical (unpaired) electrons. The number of rotatable bonds is 6. The monoisotopic (exact) mass is 569 g/mol. The van der Waals surface area contributed by atoms with Crippen molar-refractivity contribution < 1.29 is 36.2 Å². The fourth-order valence-electron chi connectivity index (χ4n) is 4.64. The molecule has 40 heavy (non-hydrogen) atoms. The second-order valence-corrected chi connectivity index (χ2v) is 9.29. The van der Waals surface area contributed by atoms with E-state index in [1.807, 2.05) is 0 Å². The van der Waals surface area contributed by atoms with Gasteiger partial charge in [0.2, 0.25) is 0 Å². The van der Waals surface area contributed by atoms with Gasteiger partial charge in [-0.05, 0) is 43.5 Å². The van der Waals surface area contributed by atoms with Gasteiger partial charge < -0.3 is 16.6 Å². The maximum Gasteiger partial charge on any atom is 0.416 e. The maximum absolute atomic E-state index is 13.2. The summed E-state index contributed by atoms with van der Waals surface area (Å²) in [7, 11) is 0. The van der Waals surface area contributed by atoms with Gasteiger partial charge in [-0.15, -0.1) is 5.92 Å². The fourth-order valence-corrected chi connectivity index (χ4v) is 4.64. The van der Waals surface area contributed by atoms with Gasteiger partial charge in [0.05, 0.1) is 29.9 Å². The largest absolute Gasteiger partial charge is 0.416 e. The summed E-state index contributed by atoms with van der Waals surface area (Å²) in [4.78, 5) is 14.1. The number of halogens is 6. The summed E-state index contributed by atoms with van der Waals surface area (Å²) < 4.78 is 82.0. The van der Waals surface area contributed by atoms with Crippen molar-refractivity contribution in [2.75, 3.05) is 18.8 Å². The first-order valence-corrected chi connectivity index (χ1v) is 12.0. The summed E-state index contributed by atoms with van der Waals surface area (Å²) in [5, 5.41) is 18.6. The molecule has 1 fully saturated rings. The number of hydrogen-bond donors (Lipinski definition) is 3. The van der Waals surface area contributed by atoms with Crippen molar-refractivity contribution in [3.63, 3.8) is 0 Å². The van der Waals surface area contributed by atoms with Crippen LogP contribution in [0.5, 0.6) is 0 Å². The van der Waals surface area contributed by atoms with Crippen LogP contribution in [0.4, 0.5) is 32.2 Å². The number of aliphatic hydroxyl groups excluding tert-OH is 1. The van der Waals surface area contributed by atoms with Crippen molar-refractivity contribution in [1.82, 2.24) is 24.5 Å². The number of nitrogen functional groups attached to an aromatic ring is 1. The lowest BCUT2D eigenvalue weighted by Crippen LogP contribution is -2.41. The number of carbonyl (C=O) groups excluding carboxylic acids is 1. The topological polar surface area (TPSA) is 128 Å². The highest BCUT2D eigenvalue weighted by atomic mass is 19.4. The molecule has 1 aliphatic heterocycles. The molecule has 3 aromatic rings. The molecule has 1 amide bonds. The van der Waals surface area contributed by atoms with Crippen LogP contribution in [-0.2, 0) is 18.9 Å². The lowest BCUT2D eigenvalue weighted by Gasteiger charge is -2.33. The molecule has 2 aromatic heterocycles. The average molecular weight is 570 g/mol. The molecule has 3 heterocycles. The van der Waals surface area contributed by atoms with Gasteiger partial charge >= 0.3 is 12.4 Å². The van der Waals surface area contributed by atoms with Gasteiger partial charge in [0.25, 0.3) is 5.91 Å². The smallest absolute Gasteiger partial charge is 0.383 e. The zero-order valence-corrected chi connectivity index (χ0v) is 21.1. The van der Waals surface area contributed by atoms with Crippen LogP contribution in [0.3, 0.4) is 0 Å². The SMILES string of the molecule is CC#CC(O)N1CCC(n2nc(-c3cnn(Cc4cc(C(F)(F)F)cc(C(F)(F)F)c4)c3)c(C(N)=O)c2N)CC1. The lowest BCUT2D eigenvalue weighted by atomic mass is 10.0. The van der Waals surface area contributed by atoms with Crippen LogP contribution >= 0.6 is 0 Å². The second kappa shape index (κ2) is 10.9. The van der Waals surface area contributed by atoms with Crippen LogP contribution in [0, 0.1) is 11.8 Å². The number of nitrogens with zero attached hydrogens (tertiary/aromatic N) is 5. The number of likely N-dealkylation sites (tertiary alicyclic amines) is 1. The summed E-state index contributed by atoms with van der Waals surface area (Å²) in [6, 6.07) is 1.06. The van der Waals surface area contributed by atoms with Crippen LogP contribution in [0.1, 0.15) is 52.9 Å². The third-order valence-electron chi connectivity index (χ3n) is 6.56. The second-order valence-electron chi connectivity index (χ2n) is 9.29. The first-order valence-electron chi connectivity index (χ1n) is 12.0. The zero-order valence-electron chi connectivity index (χ0n) is 21.1. The molecule has 0 saturated carbocycles. The highest BCUT2D eigenvalue weighted by molar-refractivity contribution is 6.03. The van der Waals surface area contributed by atoms with Crippen LogP contribution in [0.15, 0.2) is 30.6 Å². The zero-order chi connectivity index (χ0) is 29.4. The third kappa shape index (κ3) is 6.07. The Morgan fingerprint density at radius 3 is 2.25 bits per heavy atom. The number of benzene rings is 1. The molecular weight excluding hydrogens is 544 g/mol. The number of alkyl halides is 6. The normalized spacial score (nSPS) is 16.0. The number of carbonyl (C=O) groups is 1. The van der Waals surface area contributed by atoms with Gasteiger partial charge in [0.1, 0.15) is 17.1 Å².